The van der Waals surface area contributed by atoms with Gasteiger partial charge in [-0.15, -0.1) is 0 Å². The fourth-order valence-electron chi connectivity index (χ4n) is 3.89. The number of ether oxygens (including phenoxy) is 3. The summed E-state index contributed by atoms with van der Waals surface area (Å²) in [6, 6.07) is 1.73. The fraction of sp³-hybridized carbons (Fsp3) is 0.714. The van der Waals surface area contributed by atoms with Gasteiger partial charge >= 0.3 is 12.3 Å². The number of halogens is 3. The number of rotatable bonds is 6. The van der Waals surface area contributed by atoms with Crippen molar-refractivity contribution in [1.82, 2.24) is 9.88 Å². The Balaban J connectivity index is 1.38. The van der Waals surface area contributed by atoms with Crippen molar-refractivity contribution >= 4 is 17.3 Å². The highest BCUT2D eigenvalue weighted by Crippen LogP contribution is 2.30. The molecule has 0 aromatic carbocycles. The lowest BCUT2D eigenvalue weighted by atomic mass is 9.94. The van der Waals surface area contributed by atoms with Crippen LogP contribution in [0.15, 0.2) is 23.4 Å². The van der Waals surface area contributed by atoms with E-state index in [4.69, 9.17) is 9.47 Å². The summed E-state index contributed by atoms with van der Waals surface area (Å²) in [5, 5.41) is 0. The molecular weight excluding hydrogens is 449 g/mol. The largest absolute Gasteiger partial charge is 0.612 e. The van der Waals surface area contributed by atoms with Gasteiger partial charge in [-0.25, -0.2) is 4.79 Å². The molecule has 1 aliphatic heterocycles. The Kier molecular flexibility index (Phi) is 8.51. The lowest BCUT2D eigenvalue weighted by molar-refractivity contribution is -0.200. The molecule has 0 radical (unpaired) electrons. The zero-order valence-electron chi connectivity index (χ0n) is 18.2. The predicted molar refractivity (Wildman–Crippen MR) is 111 cm³/mol. The number of aromatic nitrogens is 1. The maximum atomic E-state index is 12.6. The second kappa shape index (κ2) is 10.9. The van der Waals surface area contributed by atoms with E-state index < -0.39 is 29.5 Å². The Labute approximate surface area is 188 Å². The van der Waals surface area contributed by atoms with Crippen LogP contribution in [0, 0.1) is 0 Å². The van der Waals surface area contributed by atoms with Crippen LogP contribution in [0.1, 0.15) is 45.4 Å². The summed E-state index contributed by atoms with van der Waals surface area (Å²) in [5.74, 6) is 0.601. The summed E-state index contributed by atoms with van der Waals surface area (Å²) in [6.45, 7) is 1.45. The molecule has 0 spiro atoms. The summed E-state index contributed by atoms with van der Waals surface area (Å²) in [7, 11) is 0. The third-order valence-corrected chi connectivity index (χ3v) is 6.72. The highest BCUT2D eigenvalue weighted by molar-refractivity contribution is 7.90. The van der Waals surface area contributed by atoms with E-state index in [1.807, 2.05) is 0 Å². The monoisotopic (exact) mass is 478 g/mol. The SMILES string of the molecule is CC(OC(=O)N1CCC(O[C@H]2CC[C@H](Oc3ccncc3[S+](C)[O-])CC2)CC1)C(F)(F)F. The first-order valence-corrected chi connectivity index (χ1v) is 12.3. The number of nitrogens with zero attached hydrogens (tertiary/aromatic N) is 2. The summed E-state index contributed by atoms with van der Waals surface area (Å²) < 4.78 is 66.3. The van der Waals surface area contributed by atoms with E-state index in [0.717, 1.165) is 32.6 Å². The first-order chi connectivity index (χ1) is 15.1. The van der Waals surface area contributed by atoms with Crippen molar-refractivity contribution in [2.24, 2.45) is 0 Å². The van der Waals surface area contributed by atoms with Crippen molar-refractivity contribution in [2.45, 2.75) is 80.9 Å². The van der Waals surface area contributed by atoms with E-state index in [0.29, 0.717) is 36.6 Å². The Morgan fingerprint density at radius 2 is 1.75 bits per heavy atom. The van der Waals surface area contributed by atoms with Gasteiger partial charge in [0.1, 0.15) is 6.26 Å². The van der Waals surface area contributed by atoms with Crippen molar-refractivity contribution in [3.8, 4) is 5.75 Å². The smallest absolute Gasteiger partial charge is 0.425 e. The maximum absolute atomic E-state index is 12.6. The van der Waals surface area contributed by atoms with Gasteiger partial charge in [-0.1, -0.05) is 0 Å². The summed E-state index contributed by atoms with van der Waals surface area (Å²) in [5.41, 5.74) is 0. The molecule has 0 bridgehead atoms. The van der Waals surface area contributed by atoms with Gasteiger partial charge in [0.25, 0.3) is 0 Å². The highest BCUT2D eigenvalue weighted by Gasteiger charge is 2.40. The molecule has 1 saturated heterocycles. The van der Waals surface area contributed by atoms with Gasteiger partial charge in [-0.2, -0.15) is 13.2 Å². The van der Waals surface area contributed by atoms with E-state index in [1.54, 1.807) is 24.7 Å². The van der Waals surface area contributed by atoms with E-state index >= 15 is 0 Å². The summed E-state index contributed by atoms with van der Waals surface area (Å²) in [6.07, 6.45) is 1.62. The number of carbonyl (C=O) groups excluding carboxylic acids is 1. The van der Waals surface area contributed by atoms with Crippen molar-refractivity contribution in [3.05, 3.63) is 18.5 Å². The molecule has 2 fully saturated rings. The van der Waals surface area contributed by atoms with E-state index in [9.17, 15) is 22.5 Å². The van der Waals surface area contributed by atoms with Gasteiger partial charge in [0.05, 0.1) is 24.5 Å². The quantitative estimate of drug-likeness (QED) is 0.573. The minimum Gasteiger partial charge on any atom is -0.612 e. The van der Waals surface area contributed by atoms with Crippen LogP contribution in [0.25, 0.3) is 0 Å². The van der Waals surface area contributed by atoms with Crippen LogP contribution in [-0.2, 0) is 20.6 Å². The summed E-state index contributed by atoms with van der Waals surface area (Å²) >= 11 is -1.18. The van der Waals surface area contributed by atoms with Crippen LogP contribution >= 0.6 is 0 Å². The van der Waals surface area contributed by atoms with Crippen LogP contribution in [0.5, 0.6) is 5.75 Å². The second-order valence-electron chi connectivity index (χ2n) is 8.18. The molecule has 2 heterocycles. The second-order valence-corrected chi connectivity index (χ2v) is 9.53. The molecule has 2 unspecified atom stereocenters. The number of carbonyl (C=O) groups is 1. The topological polar surface area (TPSA) is 84.0 Å². The normalized spacial score (nSPS) is 24.6. The van der Waals surface area contributed by atoms with E-state index in [2.05, 4.69) is 9.72 Å². The van der Waals surface area contributed by atoms with Crippen LogP contribution in [-0.4, -0.2) is 70.5 Å². The van der Waals surface area contributed by atoms with Gasteiger partial charge in [0, 0.05) is 25.4 Å². The summed E-state index contributed by atoms with van der Waals surface area (Å²) in [4.78, 5) is 17.8. The predicted octanol–water partition coefficient (Wildman–Crippen LogP) is 4.08. The molecule has 180 valence electrons. The average Bonchev–Trinajstić information content (AvgIpc) is 2.75. The highest BCUT2D eigenvalue weighted by atomic mass is 32.2. The van der Waals surface area contributed by atoms with E-state index in [-0.39, 0.29) is 18.3 Å². The molecule has 0 N–H and O–H groups in total. The Morgan fingerprint density at radius 3 is 2.34 bits per heavy atom. The van der Waals surface area contributed by atoms with E-state index in [1.165, 1.54) is 4.90 Å². The lowest BCUT2D eigenvalue weighted by Crippen LogP contribution is -2.44. The third kappa shape index (κ3) is 6.89. The molecule has 7 nitrogen and oxygen atoms in total. The zero-order chi connectivity index (χ0) is 23.3. The molecule has 1 aromatic heterocycles. The fourth-order valence-corrected chi connectivity index (χ4v) is 4.49. The molecule has 1 aliphatic carbocycles. The molecule has 1 saturated carbocycles. The van der Waals surface area contributed by atoms with Crippen molar-refractivity contribution < 1.29 is 36.7 Å². The Bertz CT molecular complexity index is 751. The van der Waals surface area contributed by atoms with Crippen LogP contribution in [0.3, 0.4) is 0 Å². The van der Waals surface area contributed by atoms with Crippen molar-refractivity contribution in [2.75, 3.05) is 19.3 Å². The molecule has 32 heavy (non-hydrogen) atoms. The Hall–Kier alpha value is -1.72. The van der Waals surface area contributed by atoms with Crippen LogP contribution < -0.4 is 4.74 Å². The number of hydrogen-bond acceptors (Lipinski definition) is 6. The van der Waals surface area contributed by atoms with Crippen LogP contribution in [0.2, 0.25) is 0 Å². The number of alkyl halides is 3. The molecular formula is C21H29F3N2O5S. The molecule has 11 heteroatoms. The zero-order valence-corrected chi connectivity index (χ0v) is 19.0. The van der Waals surface area contributed by atoms with Gasteiger partial charge < -0.3 is 23.7 Å². The number of pyridine rings is 1. The first kappa shape index (κ1) is 24.9. The van der Waals surface area contributed by atoms with Gasteiger partial charge in [-0.05, 0) is 56.6 Å². The number of amides is 1. The number of hydrogen-bond donors (Lipinski definition) is 0. The average molecular weight is 479 g/mol. The van der Waals surface area contributed by atoms with Gasteiger partial charge in [0.15, 0.2) is 11.9 Å². The first-order valence-electron chi connectivity index (χ1n) is 10.7. The maximum Gasteiger partial charge on any atom is 0.425 e. The minimum absolute atomic E-state index is 0.0202. The molecule has 2 atom stereocenters. The molecule has 1 amide bonds. The number of piperidine rings is 1. The molecule has 3 rings (SSSR count). The number of likely N-dealkylation sites (tertiary alicyclic amines) is 1. The molecule has 2 aliphatic rings. The lowest BCUT2D eigenvalue weighted by Gasteiger charge is -2.36. The van der Waals surface area contributed by atoms with Crippen molar-refractivity contribution in [3.63, 3.8) is 0 Å². The standard InChI is InChI=1S/C21H29F3N2O5S/c1-14(21(22,23)24)29-20(27)26-11-8-17(9-12-26)30-15-3-5-16(6-4-15)31-18-7-10-25-13-19(18)32(2)28/h7,10,13-17H,3-6,8-9,11-12H2,1-2H3/t14?,15-,16-,32?. The van der Waals surface area contributed by atoms with Crippen molar-refractivity contribution in [1.29, 1.82) is 0 Å². The third-order valence-electron chi connectivity index (χ3n) is 5.79. The van der Waals surface area contributed by atoms with Crippen LogP contribution in [0.4, 0.5) is 18.0 Å². The van der Waals surface area contributed by atoms with Gasteiger partial charge in [-0.3, -0.25) is 4.98 Å². The Morgan fingerprint density at radius 1 is 1.16 bits per heavy atom. The minimum atomic E-state index is -4.56. The van der Waals surface area contributed by atoms with Gasteiger partial charge in [0.2, 0.25) is 4.90 Å². The molecule has 1 aromatic rings.